The summed E-state index contributed by atoms with van der Waals surface area (Å²) in [5.74, 6) is -2.03. The van der Waals surface area contributed by atoms with E-state index in [4.69, 9.17) is 28.6 Å². The minimum atomic E-state index is -5.03. The fourth-order valence-electron chi connectivity index (χ4n) is 2.63. The van der Waals surface area contributed by atoms with Gasteiger partial charge in [0.15, 0.2) is 4.77 Å². The van der Waals surface area contributed by atoms with Crippen LogP contribution >= 0.6 is 23.8 Å². The minimum Gasteiger partial charge on any atom is -0.379 e. The van der Waals surface area contributed by atoms with E-state index < -0.39 is 12.1 Å². The number of halogens is 4. The number of hydrogen-bond acceptors (Lipinski definition) is 4. The second-order valence-corrected chi connectivity index (χ2v) is 6.16. The maximum Gasteiger partial charge on any atom is 0.472 e. The van der Waals surface area contributed by atoms with E-state index in [0.29, 0.717) is 36.4 Å². The highest BCUT2D eigenvalue weighted by molar-refractivity contribution is 7.71. The first-order valence-electron chi connectivity index (χ1n) is 7.11. The molecule has 1 aliphatic rings. The summed E-state index contributed by atoms with van der Waals surface area (Å²) in [6.07, 6.45) is -5.03. The van der Waals surface area contributed by atoms with Gasteiger partial charge >= 0.3 is 12.1 Å². The average molecular weight is 380 g/mol. The summed E-state index contributed by atoms with van der Waals surface area (Å²) in [6.45, 7) is 2.63. The first kappa shape index (κ1) is 17.4. The van der Waals surface area contributed by atoms with E-state index in [0.717, 1.165) is 0 Å². The molecule has 0 bridgehead atoms. The molecule has 10 heteroatoms. The molecule has 0 radical (unpaired) electrons. The molecular formula is C14H13ClF3N3O2S. The third-order valence-corrected chi connectivity index (χ3v) is 4.42. The minimum absolute atomic E-state index is 0.0445. The molecule has 5 nitrogen and oxygen atoms in total. The zero-order valence-electron chi connectivity index (χ0n) is 12.3. The molecule has 3 rings (SSSR count). The third-order valence-electron chi connectivity index (χ3n) is 3.78. The molecule has 0 amide bonds. The van der Waals surface area contributed by atoms with Crippen LogP contribution in [-0.4, -0.2) is 52.4 Å². The highest BCUT2D eigenvalue weighted by Crippen LogP contribution is 2.27. The van der Waals surface area contributed by atoms with Crippen molar-refractivity contribution in [3.8, 4) is 0 Å². The number of imidazole rings is 1. The Labute approximate surface area is 145 Å². The van der Waals surface area contributed by atoms with Gasteiger partial charge in [0.1, 0.15) is 0 Å². The standard InChI is InChI=1S/C14H13ClF3N3O2S/c15-9-1-2-10-11(7-9)21(12(22)14(16,17)18)13(24)20(10)8-19-3-5-23-6-4-19/h1-2,7H,3-6,8H2. The van der Waals surface area contributed by atoms with Crippen molar-refractivity contribution in [2.75, 3.05) is 26.3 Å². The van der Waals surface area contributed by atoms with E-state index >= 15 is 0 Å². The second kappa shape index (κ2) is 6.47. The van der Waals surface area contributed by atoms with E-state index in [2.05, 4.69) is 0 Å². The number of morpholine rings is 1. The van der Waals surface area contributed by atoms with Crippen LogP contribution in [0.25, 0.3) is 11.0 Å². The summed E-state index contributed by atoms with van der Waals surface area (Å²) in [4.78, 5) is 13.8. The predicted molar refractivity (Wildman–Crippen MR) is 84.8 cm³/mol. The number of carbonyl (C=O) groups excluding carboxylic acids is 1. The summed E-state index contributed by atoms with van der Waals surface area (Å²) in [5.41, 5.74) is 0.469. The molecule has 0 unspecified atom stereocenters. The molecule has 1 aromatic carbocycles. The van der Waals surface area contributed by atoms with Gasteiger partial charge in [-0.2, -0.15) is 13.2 Å². The fraction of sp³-hybridized carbons (Fsp3) is 0.429. The number of ether oxygens (including phenoxy) is 1. The van der Waals surface area contributed by atoms with E-state index in [9.17, 15) is 18.0 Å². The summed E-state index contributed by atoms with van der Waals surface area (Å²) in [7, 11) is 0. The molecule has 24 heavy (non-hydrogen) atoms. The molecule has 0 aliphatic carbocycles. The normalized spacial score (nSPS) is 16.7. The Bertz CT molecular complexity index is 840. The number of hydrogen-bond donors (Lipinski definition) is 0. The molecule has 1 aromatic heterocycles. The zero-order valence-corrected chi connectivity index (χ0v) is 13.9. The lowest BCUT2D eigenvalue weighted by atomic mass is 10.3. The van der Waals surface area contributed by atoms with Gasteiger partial charge in [-0.05, 0) is 30.4 Å². The first-order valence-corrected chi connectivity index (χ1v) is 7.90. The molecule has 130 valence electrons. The van der Waals surface area contributed by atoms with Crippen LogP contribution in [0.1, 0.15) is 4.79 Å². The third kappa shape index (κ3) is 3.21. The van der Waals surface area contributed by atoms with Gasteiger partial charge in [0.2, 0.25) is 0 Å². The van der Waals surface area contributed by atoms with E-state index in [1.165, 1.54) is 10.6 Å². The predicted octanol–water partition coefficient (Wildman–Crippen LogP) is 3.32. The molecule has 0 saturated carbocycles. The van der Waals surface area contributed by atoms with Crippen molar-refractivity contribution >= 4 is 40.8 Å². The number of rotatable bonds is 2. The summed E-state index contributed by atoms with van der Waals surface area (Å²) < 4.78 is 45.8. The number of benzene rings is 1. The van der Waals surface area contributed by atoms with Gasteiger partial charge in [0, 0.05) is 18.1 Å². The lowest BCUT2D eigenvalue weighted by Crippen LogP contribution is -2.37. The Hall–Kier alpha value is -1.42. The van der Waals surface area contributed by atoms with E-state index in [1.807, 2.05) is 4.90 Å². The summed E-state index contributed by atoms with van der Waals surface area (Å²) in [5, 5.41) is 0.227. The number of fused-ring (bicyclic) bond motifs is 1. The van der Waals surface area contributed by atoms with Crippen LogP contribution in [-0.2, 0) is 11.4 Å². The molecule has 2 heterocycles. The molecule has 0 N–H and O–H groups in total. The lowest BCUT2D eigenvalue weighted by Gasteiger charge is -2.27. The SMILES string of the molecule is O=C(n1c(=S)n(CN2CCOCC2)c2ccc(Cl)cc21)C(F)(F)F. The highest BCUT2D eigenvalue weighted by atomic mass is 35.5. The van der Waals surface area contributed by atoms with Gasteiger partial charge in [0.05, 0.1) is 30.9 Å². The van der Waals surface area contributed by atoms with Crippen LogP contribution in [0.15, 0.2) is 18.2 Å². The zero-order chi connectivity index (χ0) is 17.5. The fourth-order valence-corrected chi connectivity index (χ4v) is 3.14. The van der Waals surface area contributed by atoms with E-state index in [-0.39, 0.29) is 22.0 Å². The van der Waals surface area contributed by atoms with Gasteiger partial charge in [-0.15, -0.1) is 0 Å². The quantitative estimate of drug-likeness (QED) is 0.750. The van der Waals surface area contributed by atoms with Crippen LogP contribution in [0.5, 0.6) is 0 Å². The molecule has 1 aliphatic heterocycles. The van der Waals surface area contributed by atoms with Crippen molar-refractivity contribution < 1.29 is 22.7 Å². The maximum atomic E-state index is 12.9. The van der Waals surface area contributed by atoms with Crippen molar-refractivity contribution in [1.29, 1.82) is 0 Å². The Kier molecular flexibility index (Phi) is 4.69. The van der Waals surface area contributed by atoms with Crippen molar-refractivity contribution in [1.82, 2.24) is 14.0 Å². The van der Waals surface area contributed by atoms with Crippen molar-refractivity contribution in [3.05, 3.63) is 28.0 Å². The van der Waals surface area contributed by atoms with Gasteiger partial charge in [0.25, 0.3) is 0 Å². The molecular weight excluding hydrogens is 367 g/mol. The average Bonchev–Trinajstić information content (AvgIpc) is 2.78. The van der Waals surface area contributed by atoms with Gasteiger partial charge in [-0.1, -0.05) is 11.6 Å². The number of alkyl halides is 3. The Morgan fingerprint density at radius 2 is 1.92 bits per heavy atom. The van der Waals surface area contributed by atoms with Crippen LogP contribution in [0.4, 0.5) is 13.2 Å². The Morgan fingerprint density at radius 1 is 1.25 bits per heavy atom. The van der Waals surface area contributed by atoms with Crippen LogP contribution < -0.4 is 0 Å². The van der Waals surface area contributed by atoms with Crippen LogP contribution in [0, 0.1) is 4.77 Å². The van der Waals surface area contributed by atoms with Gasteiger partial charge < -0.3 is 9.30 Å². The first-order chi connectivity index (χ1) is 11.3. The molecule has 0 atom stereocenters. The summed E-state index contributed by atoms with van der Waals surface area (Å²) in [6, 6.07) is 4.43. The van der Waals surface area contributed by atoms with Gasteiger partial charge in [-0.3, -0.25) is 9.69 Å². The Balaban J connectivity index is 2.14. The molecule has 2 aromatic rings. The van der Waals surface area contributed by atoms with E-state index in [1.54, 1.807) is 12.1 Å². The van der Waals surface area contributed by atoms with Crippen molar-refractivity contribution in [3.63, 3.8) is 0 Å². The molecule has 1 saturated heterocycles. The number of nitrogens with zero attached hydrogens (tertiary/aromatic N) is 3. The monoisotopic (exact) mass is 379 g/mol. The maximum absolute atomic E-state index is 12.9. The smallest absolute Gasteiger partial charge is 0.379 e. The van der Waals surface area contributed by atoms with Crippen molar-refractivity contribution in [2.45, 2.75) is 12.8 Å². The highest BCUT2D eigenvalue weighted by Gasteiger charge is 2.41. The second-order valence-electron chi connectivity index (χ2n) is 5.35. The van der Waals surface area contributed by atoms with Crippen LogP contribution in [0.3, 0.4) is 0 Å². The van der Waals surface area contributed by atoms with Gasteiger partial charge in [-0.25, -0.2) is 4.57 Å². The number of aromatic nitrogens is 2. The molecule has 0 spiro atoms. The number of carbonyl (C=O) groups is 1. The van der Waals surface area contributed by atoms with Crippen molar-refractivity contribution in [2.24, 2.45) is 0 Å². The topological polar surface area (TPSA) is 39.4 Å². The summed E-state index contributed by atoms with van der Waals surface area (Å²) >= 11 is 11.0. The van der Waals surface area contributed by atoms with Crippen LogP contribution in [0.2, 0.25) is 5.02 Å². The Morgan fingerprint density at radius 3 is 2.54 bits per heavy atom. The lowest BCUT2D eigenvalue weighted by molar-refractivity contribution is -0.0944. The molecule has 1 fully saturated rings. The largest absolute Gasteiger partial charge is 0.472 e.